The summed E-state index contributed by atoms with van der Waals surface area (Å²) in [6, 6.07) is 11.5. The molecule has 7 heteroatoms. The van der Waals surface area contributed by atoms with Crippen LogP contribution in [0.2, 0.25) is 0 Å². The van der Waals surface area contributed by atoms with Gasteiger partial charge in [0.15, 0.2) is 0 Å². The Labute approximate surface area is 149 Å². The van der Waals surface area contributed by atoms with Gasteiger partial charge in [0.1, 0.15) is 24.3 Å². The number of oxazole rings is 1. The van der Waals surface area contributed by atoms with Gasteiger partial charge in [-0.3, -0.25) is 0 Å². The molecule has 0 saturated carbocycles. The predicted octanol–water partition coefficient (Wildman–Crippen LogP) is 5.00. The normalized spacial score (nSPS) is 11.0. The van der Waals surface area contributed by atoms with E-state index in [0.717, 1.165) is 15.8 Å². The number of nitrogens with zero attached hydrogens (tertiary/aromatic N) is 1. The van der Waals surface area contributed by atoms with Gasteiger partial charge in [0.25, 0.3) is 0 Å². The number of fused-ring (bicyclic) bond motifs is 1. The van der Waals surface area contributed by atoms with Crippen LogP contribution in [0, 0.1) is 0 Å². The van der Waals surface area contributed by atoms with Crippen molar-refractivity contribution in [2.45, 2.75) is 6.61 Å². The summed E-state index contributed by atoms with van der Waals surface area (Å²) in [5, 5.41) is 2.89. The standard InChI is InChI=1S/C17H11BrN2O3S/c18-14-11-4-1-2-5-12(11)20-15(14)17(21)23-9-10-8-22-16(19-10)13-6-3-7-24-13/h1-8,20H,9H2. The molecule has 0 amide bonds. The molecule has 0 aliphatic carbocycles. The number of aromatic amines is 1. The summed E-state index contributed by atoms with van der Waals surface area (Å²) in [5.41, 5.74) is 1.83. The highest BCUT2D eigenvalue weighted by Crippen LogP contribution is 2.28. The van der Waals surface area contributed by atoms with Crippen molar-refractivity contribution in [1.82, 2.24) is 9.97 Å². The first-order chi connectivity index (χ1) is 11.7. The zero-order valence-corrected chi connectivity index (χ0v) is 14.7. The lowest BCUT2D eigenvalue weighted by atomic mass is 10.2. The fourth-order valence-corrected chi connectivity index (χ4v) is 3.61. The Morgan fingerprint density at radius 2 is 2.17 bits per heavy atom. The number of carbonyl (C=O) groups excluding carboxylic acids is 1. The zero-order valence-electron chi connectivity index (χ0n) is 12.3. The molecule has 0 bridgehead atoms. The van der Waals surface area contributed by atoms with E-state index in [-0.39, 0.29) is 6.61 Å². The van der Waals surface area contributed by atoms with Gasteiger partial charge in [-0.25, -0.2) is 9.78 Å². The quantitative estimate of drug-likeness (QED) is 0.487. The molecule has 0 fully saturated rings. The Hall–Kier alpha value is -2.38. The molecule has 3 heterocycles. The molecule has 4 rings (SSSR count). The number of carbonyl (C=O) groups is 1. The fourth-order valence-electron chi connectivity index (χ4n) is 2.35. The Kier molecular flexibility index (Phi) is 3.95. The molecule has 0 aliphatic heterocycles. The van der Waals surface area contributed by atoms with E-state index in [4.69, 9.17) is 9.15 Å². The van der Waals surface area contributed by atoms with E-state index in [1.165, 1.54) is 17.6 Å². The number of halogens is 1. The second-order valence-corrected chi connectivity index (χ2v) is 6.80. The SMILES string of the molecule is O=C(OCc1coc(-c2cccs2)n1)c1[nH]c2ccccc2c1Br. The third-order valence-electron chi connectivity index (χ3n) is 3.48. The van der Waals surface area contributed by atoms with Gasteiger partial charge in [0, 0.05) is 10.9 Å². The molecule has 1 N–H and O–H groups in total. The summed E-state index contributed by atoms with van der Waals surface area (Å²) >= 11 is 4.98. The third kappa shape index (κ3) is 2.76. The van der Waals surface area contributed by atoms with Gasteiger partial charge in [-0.15, -0.1) is 11.3 Å². The number of hydrogen-bond acceptors (Lipinski definition) is 5. The summed E-state index contributed by atoms with van der Waals surface area (Å²) in [6.07, 6.45) is 1.50. The first-order valence-corrected chi connectivity index (χ1v) is 8.81. The molecule has 0 saturated heterocycles. The predicted molar refractivity (Wildman–Crippen MR) is 94.9 cm³/mol. The number of ether oxygens (including phenoxy) is 1. The van der Waals surface area contributed by atoms with Gasteiger partial charge in [-0.1, -0.05) is 24.3 Å². The lowest BCUT2D eigenvalue weighted by molar-refractivity contribution is 0.0461. The molecule has 120 valence electrons. The maximum absolute atomic E-state index is 12.3. The van der Waals surface area contributed by atoms with Crippen LogP contribution in [0.3, 0.4) is 0 Å². The summed E-state index contributed by atoms with van der Waals surface area (Å²) in [5.74, 6) is 0.0848. The van der Waals surface area contributed by atoms with Crippen molar-refractivity contribution in [3.05, 3.63) is 63.9 Å². The molecule has 1 aromatic carbocycles. The largest absolute Gasteiger partial charge is 0.454 e. The van der Waals surface area contributed by atoms with E-state index in [0.29, 0.717) is 21.8 Å². The Balaban J connectivity index is 1.49. The minimum absolute atomic E-state index is 0.0511. The van der Waals surface area contributed by atoms with Crippen LogP contribution in [0.25, 0.3) is 21.7 Å². The zero-order chi connectivity index (χ0) is 16.5. The molecule has 0 atom stereocenters. The van der Waals surface area contributed by atoms with Gasteiger partial charge < -0.3 is 14.1 Å². The van der Waals surface area contributed by atoms with E-state index in [1.54, 1.807) is 0 Å². The van der Waals surface area contributed by atoms with Crippen molar-refractivity contribution < 1.29 is 13.9 Å². The number of rotatable bonds is 4. The van der Waals surface area contributed by atoms with Gasteiger partial charge in [0.05, 0.1) is 9.35 Å². The van der Waals surface area contributed by atoms with Crippen LogP contribution >= 0.6 is 27.3 Å². The molecule has 0 spiro atoms. The molecule has 24 heavy (non-hydrogen) atoms. The Morgan fingerprint density at radius 1 is 1.29 bits per heavy atom. The second-order valence-electron chi connectivity index (χ2n) is 5.06. The van der Waals surface area contributed by atoms with Crippen molar-refractivity contribution in [1.29, 1.82) is 0 Å². The minimum atomic E-state index is -0.446. The van der Waals surface area contributed by atoms with Gasteiger partial charge >= 0.3 is 5.97 Å². The molecular weight excluding hydrogens is 392 g/mol. The number of thiophene rings is 1. The summed E-state index contributed by atoms with van der Waals surface area (Å²) in [6.45, 7) is 0.0511. The monoisotopic (exact) mass is 402 g/mol. The Morgan fingerprint density at radius 3 is 2.96 bits per heavy atom. The number of H-pyrrole nitrogens is 1. The van der Waals surface area contributed by atoms with Crippen molar-refractivity contribution >= 4 is 44.1 Å². The molecule has 0 aliphatic rings. The van der Waals surface area contributed by atoms with Gasteiger partial charge in [-0.05, 0) is 33.4 Å². The highest BCUT2D eigenvalue weighted by Gasteiger charge is 2.18. The molecule has 3 aromatic heterocycles. The van der Waals surface area contributed by atoms with Crippen molar-refractivity contribution in [3.63, 3.8) is 0 Å². The number of nitrogens with one attached hydrogen (secondary N) is 1. The van der Waals surface area contributed by atoms with Crippen LogP contribution in [0.15, 0.2) is 56.9 Å². The fraction of sp³-hybridized carbons (Fsp3) is 0.0588. The molecule has 4 aromatic rings. The third-order valence-corrected chi connectivity index (χ3v) is 5.16. The van der Waals surface area contributed by atoms with E-state index in [1.807, 2.05) is 41.8 Å². The van der Waals surface area contributed by atoms with E-state index < -0.39 is 5.97 Å². The number of esters is 1. The first-order valence-electron chi connectivity index (χ1n) is 7.14. The van der Waals surface area contributed by atoms with Crippen LogP contribution in [-0.2, 0) is 11.3 Å². The lowest BCUT2D eigenvalue weighted by Crippen LogP contribution is -2.06. The van der Waals surface area contributed by atoms with Crippen LogP contribution in [0.5, 0.6) is 0 Å². The maximum atomic E-state index is 12.3. The first kappa shape index (κ1) is 15.2. The summed E-state index contributed by atoms with van der Waals surface area (Å²) in [4.78, 5) is 20.6. The molecule has 5 nitrogen and oxygen atoms in total. The average Bonchev–Trinajstić information content (AvgIpc) is 3.33. The highest BCUT2D eigenvalue weighted by atomic mass is 79.9. The van der Waals surface area contributed by atoms with E-state index >= 15 is 0 Å². The van der Waals surface area contributed by atoms with Crippen molar-refractivity contribution in [2.24, 2.45) is 0 Å². The molecular formula is C17H11BrN2O3S. The van der Waals surface area contributed by atoms with Crippen molar-refractivity contribution in [3.8, 4) is 10.8 Å². The van der Waals surface area contributed by atoms with E-state index in [2.05, 4.69) is 25.9 Å². The smallest absolute Gasteiger partial charge is 0.356 e. The lowest BCUT2D eigenvalue weighted by Gasteiger charge is -2.01. The number of para-hydroxylation sites is 1. The summed E-state index contributed by atoms with van der Waals surface area (Å²) < 4.78 is 11.4. The minimum Gasteiger partial charge on any atom is -0.454 e. The number of aromatic nitrogens is 2. The van der Waals surface area contributed by atoms with Crippen LogP contribution < -0.4 is 0 Å². The maximum Gasteiger partial charge on any atom is 0.356 e. The number of benzene rings is 1. The number of hydrogen-bond donors (Lipinski definition) is 1. The van der Waals surface area contributed by atoms with Crippen molar-refractivity contribution in [2.75, 3.05) is 0 Å². The highest BCUT2D eigenvalue weighted by molar-refractivity contribution is 9.10. The summed E-state index contributed by atoms with van der Waals surface area (Å²) in [7, 11) is 0. The molecule has 0 unspecified atom stereocenters. The topological polar surface area (TPSA) is 68.1 Å². The van der Waals surface area contributed by atoms with Gasteiger partial charge in [0.2, 0.25) is 5.89 Å². The Bertz CT molecular complexity index is 1000. The van der Waals surface area contributed by atoms with E-state index in [9.17, 15) is 4.79 Å². The van der Waals surface area contributed by atoms with Crippen LogP contribution in [0.4, 0.5) is 0 Å². The van der Waals surface area contributed by atoms with Gasteiger partial charge in [-0.2, -0.15) is 0 Å². The van der Waals surface area contributed by atoms with Crippen LogP contribution in [0.1, 0.15) is 16.2 Å². The second kappa shape index (κ2) is 6.26. The average molecular weight is 403 g/mol. The molecule has 0 radical (unpaired) electrons. The van der Waals surface area contributed by atoms with Crippen LogP contribution in [-0.4, -0.2) is 15.9 Å².